The van der Waals surface area contributed by atoms with Crippen LogP contribution in [0.25, 0.3) is 87.6 Å². The molecule has 6 nitrogen and oxygen atoms in total. The Morgan fingerprint density at radius 2 is 0.754 bits per heavy atom. The van der Waals surface area contributed by atoms with Gasteiger partial charge in [0, 0.05) is 68.0 Å². The third kappa shape index (κ3) is 6.70. The zero-order chi connectivity index (χ0) is 46.0. The second-order valence-corrected chi connectivity index (χ2v) is 18.0. The smallest absolute Gasteiger partial charge is 0.346 e. The lowest BCUT2D eigenvalue weighted by molar-refractivity contribution is 0.0390. The Kier molecular flexibility index (Phi) is 9.72. The van der Waals surface area contributed by atoms with Gasteiger partial charge in [-0.2, -0.15) is 0 Å². The molecule has 6 heteroatoms. The first-order valence-corrected chi connectivity index (χ1v) is 23.7. The van der Waals surface area contributed by atoms with Crippen LogP contribution in [0.3, 0.4) is 0 Å². The SMILES string of the molecule is O=C1OC(=O)c2cc(Oc3c(-c4ccccc4)cccc3-c3ccccc3)c3c4ccc(N5CCCCC5)c5cccc(c6c(Oc7c(-c8ccccc8)cccc7-c7ccccc7)cc1c2c63)c54. The van der Waals surface area contributed by atoms with Gasteiger partial charge in [-0.1, -0.05) is 182 Å². The number of hydrogen-bond donors (Lipinski definition) is 0. The van der Waals surface area contributed by atoms with Crippen molar-refractivity contribution >= 4 is 60.7 Å². The standard InChI is InChI=1S/C63H43NO5/c65-62-50-37-53(67-60-43(39-19-6-1-7-20-39)27-16-28-44(60)40-21-8-2-9-22-40)57-48-32-18-31-47-52(64-35-14-5-15-36-64)34-33-49(55(47)48)58-54(38-51(63(66)69-62)56(50)59(57)58)68-61-45(41-23-10-3-11-24-41)29-17-30-46(61)42-25-12-4-13-26-42/h1-4,6-13,16-34,37-38H,5,14-15,35-36H2. The number of piperidine rings is 1. The van der Waals surface area contributed by atoms with Gasteiger partial charge in [-0.25, -0.2) is 9.59 Å². The van der Waals surface area contributed by atoms with E-state index in [1.54, 1.807) is 12.1 Å². The summed E-state index contributed by atoms with van der Waals surface area (Å²) in [5.74, 6) is 0.740. The molecule has 0 bridgehead atoms. The lowest BCUT2D eigenvalue weighted by Gasteiger charge is -2.31. The number of carbonyl (C=O) groups is 2. The highest BCUT2D eigenvalue weighted by Gasteiger charge is 2.35. The molecule has 2 aliphatic heterocycles. The predicted octanol–water partition coefficient (Wildman–Crippen LogP) is 16.3. The van der Waals surface area contributed by atoms with Gasteiger partial charge in [0.15, 0.2) is 0 Å². The maximum atomic E-state index is 14.3. The number of benzene rings is 11. The maximum absolute atomic E-state index is 14.3. The quantitative estimate of drug-likeness (QED) is 0.0622. The van der Waals surface area contributed by atoms with Crippen LogP contribution in [0, 0.1) is 0 Å². The van der Waals surface area contributed by atoms with E-state index in [4.69, 9.17) is 14.2 Å². The van der Waals surface area contributed by atoms with Crippen molar-refractivity contribution in [2.75, 3.05) is 18.0 Å². The number of anilines is 1. The summed E-state index contributed by atoms with van der Waals surface area (Å²) in [5, 5.41) is 6.81. The summed E-state index contributed by atoms with van der Waals surface area (Å²) in [5.41, 5.74) is 9.16. The Balaban J connectivity index is 1.17. The van der Waals surface area contributed by atoms with Crippen LogP contribution in [0.4, 0.5) is 5.69 Å². The molecule has 0 saturated carbocycles. The van der Waals surface area contributed by atoms with E-state index in [0.29, 0.717) is 33.8 Å². The minimum atomic E-state index is -0.728. The van der Waals surface area contributed by atoms with Crippen molar-refractivity contribution in [3.05, 3.63) is 211 Å². The highest BCUT2D eigenvalue weighted by Crippen LogP contribution is 2.55. The normalized spacial score (nSPS) is 13.7. The molecule has 0 unspecified atom stereocenters. The summed E-state index contributed by atoms with van der Waals surface area (Å²) in [7, 11) is 0. The molecule has 0 radical (unpaired) electrons. The van der Waals surface area contributed by atoms with Crippen LogP contribution < -0.4 is 14.4 Å². The second kappa shape index (κ2) is 16.5. The van der Waals surface area contributed by atoms with Gasteiger partial charge in [0.1, 0.15) is 23.0 Å². The summed E-state index contributed by atoms with van der Waals surface area (Å²) in [6.07, 6.45) is 3.48. The van der Waals surface area contributed by atoms with Gasteiger partial charge in [-0.05, 0) is 75.9 Å². The van der Waals surface area contributed by atoms with Gasteiger partial charge in [0.2, 0.25) is 0 Å². The predicted molar refractivity (Wildman–Crippen MR) is 278 cm³/mol. The van der Waals surface area contributed by atoms with Crippen LogP contribution in [0.15, 0.2) is 200 Å². The Labute approximate surface area is 398 Å². The van der Waals surface area contributed by atoms with Crippen molar-refractivity contribution in [1.29, 1.82) is 0 Å². The van der Waals surface area contributed by atoms with Gasteiger partial charge in [0.25, 0.3) is 0 Å². The van der Waals surface area contributed by atoms with E-state index in [2.05, 4.69) is 120 Å². The van der Waals surface area contributed by atoms with Gasteiger partial charge in [0.05, 0.1) is 11.1 Å². The van der Waals surface area contributed by atoms with E-state index in [0.717, 1.165) is 103 Å². The fourth-order valence-electron chi connectivity index (χ4n) is 10.9. The van der Waals surface area contributed by atoms with E-state index >= 15 is 0 Å². The zero-order valence-corrected chi connectivity index (χ0v) is 37.6. The van der Waals surface area contributed by atoms with E-state index in [-0.39, 0.29) is 11.1 Å². The Morgan fingerprint density at radius 3 is 1.20 bits per heavy atom. The zero-order valence-electron chi connectivity index (χ0n) is 37.6. The van der Waals surface area contributed by atoms with Crippen molar-refractivity contribution in [3.8, 4) is 67.5 Å². The van der Waals surface area contributed by atoms with E-state index in [1.807, 2.05) is 72.8 Å². The summed E-state index contributed by atoms with van der Waals surface area (Å²) in [4.78, 5) is 31.1. The largest absolute Gasteiger partial charge is 0.455 e. The van der Waals surface area contributed by atoms with Crippen LogP contribution in [-0.4, -0.2) is 25.0 Å². The van der Waals surface area contributed by atoms with Crippen LogP contribution in [0.1, 0.15) is 40.0 Å². The molecule has 0 aromatic heterocycles. The third-order valence-corrected chi connectivity index (χ3v) is 14.0. The van der Waals surface area contributed by atoms with Gasteiger partial charge in [-0.3, -0.25) is 0 Å². The molecule has 2 heterocycles. The highest BCUT2D eigenvalue weighted by atomic mass is 16.6. The van der Waals surface area contributed by atoms with E-state index < -0.39 is 11.9 Å². The molecule has 1 fully saturated rings. The average molecular weight is 894 g/mol. The lowest BCUT2D eigenvalue weighted by atomic mass is 9.84. The maximum Gasteiger partial charge on any atom is 0.346 e. The molecule has 0 N–H and O–H groups in total. The Morgan fingerprint density at radius 1 is 0.348 bits per heavy atom. The Bertz CT molecular complexity index is 3490. The molecule has 0 aliphatic carbocycles. The molecule has 13 rings (SSSR count). The lowest BCUT2D eigenvalue weighted by Crippen LogP contribution is -2.29. The first kappa shape index (κ1) is 40.5. The molecule has 2 aliphatic rings. The van der Waals surface area contributed by atoms with Crippen LogP contribution in [0.5, 0.6) is 23.0 Å². The number of cyclic esters (lactones) is 2. The number of fused-ring (bicyclic) bond motifs is 2. The number of carbonyl (C=O) groups excluding carboxylic acids is 2. The van der Waals surface area contributed by atoms with Crippen LogP contribution in [0.2, 0.25) is 0 Å². The summed E-state index contributed by atoms with van der Waals surface area (Å²) >= 11 is 0. The van der Waals surface area contributed by atoms with Crippen molar-refractivity contribution < 1.29 is 23.8 Å². The molecular weight excluding hydrogens is 851 g/mol. The summed E-state index contributed by atoms with van der Waals surface area (Å²) in [6.45, 7) is 1.95. The second-order valence-electron chi connectivity index (χ2n) is 18.0. The average Bonchev–Trinajstić information content (AvgIpc) is 3.41. The molecular formula is C63H43NO5. The topological polar surface area (TPSA) is 65.1 Å². The van der Waals surface area contributed by atoms with Crippen LogP contribution in [-0.2, 0) is 4.74 Å². The van der Waals surface area contributed by atoms with Crippen molar-refractivity contribution in [2.24, 2.45) is 0 Å². The van der Waals surface area contributed by atoms with E-state index in [9.17, 15) is 9.59 Å². The molecule has 0 spiro atoms. The third-order valence-electron chi connectivity index (χ3n) is 14.0. The van der Waals surface area contributed by atoms with E-state index in [1.165, 1.54) is 12.1 Å². The van der Waals surface area contributed by atoms with Gasteiger partial charge in [-0.15, -0.1) is 0 Å². The highest BCUT2D eigenvalue weighted by molar-refractivity contribution is 6.40. The molecule has 330 valence electrons. The fraction of sp³-hybridized carbons (Fsp3) is 0.0794. The first-order valence-electron chi connectivity index (χ1n) is 23.7. The molecule has 0 amide bonds. The van der Waals surface area contributed by atoms with Crippen molar-refractivity contribution in [2.45, 2.75) is 19.3 Å². The number of rotatable bonds is 9. The summed E-state index contributed by atoms with van der Waals surface area (Å²) in [6, 6.07) is 67.8. The van der Waals surface area contributed by atoms with Crippen LogP contribution >= 0.6 is 0 Å². The number of esters is 2. The minimum absolute atomic E-state index is 0.250. The van der Waals surface area contributed by atoms with Gasteiger partial charge < -0.3 is 19.1 Å². The number of para-hydroxylation sites is 2. The number of ether oxygens (including phenoxy) is 3. The number of hydrogen-bond acceptors (Lipinski definition) is 6. The molecule has 1 saturated heterocycles. The summed E-state index contributed by atoms with van der Waals surface area (Å²) < 4.78 is 20.7. The molecule has 69 heavy (non-hydrogen) atoms. The van der Waals surface area contributed by atoms with Crippen molar-refractivity contribution in [3.63, 3.8) is 0 Å². The number of nitrogens with zero attached hydrogens (tertiary/aromatic N) is 1. The monoisotopic (exact) mass is 893 g/mol. The molecule has 11 aromatic rings. The fourth-order valence-corrected chi connectivity index (χ4v) is 10.9. The Hall–Kier alpha value is -8.74. The van der Waals surface area contributed by atoms with Gasteiger partial charge >= 0.3 is 11.9 Å². The first-order chi connectivity index (χ1) is 34.1. The molecule has 11 aromatic carbocycles. The van der Waals surface area contributed by atoms with Crippen molar-refractivity contribution in [1.82, 2.24) is 0 Å². The molecule has 0 atom stereocenters. The minimum Gasteiger partial charge on any atom is -0.455 e.